The molecule has 1 atom stereocenters. The van der Waals surface area contributed by atoms with Crippen LogP contribution in [0.5, 0.6) is 5.75 Å². The van der Waals surface area contributed by atoms with E-state index in [0.29, 0.717) is 16.3 Å². The fraction of sp³-hybridized carbons (Fsp3) is 0.250. The number of methoxy groups -OCH3 is 1. The van der Waals surface area contributed by atoms with Gasteiger partial charge < -0.3 is 15.6 Å². The van der Waals surface area contributed by atoms with Gasteiger partial charge in [0.2, 0.25) is 0 Å². The third-order valence-electron chi connectivity index (χ3n) is 1.52. The Hall–Kier alpha value is -0.770. The van der Waals surface area contributed by atoms with E-state index >= 15 is 0 Å². The average Bonchev–Trinajstić information content (AvgIpc) is 2.04. The lowest BCUT2D eigenvalue weighted by atomic mass is 10.2. The first-order chi connectivity index (χ1) is 5.65. The Morgan fingerprint density at radius 1 is 1.58 bits per heavy atom. The van der Waals surface area contributed by atoms with Gasteiger partial charge in [0, 0.05) is 0 Å². The van der Waals surface area contributed by atoms with Crippen LogP contribution in [0.2, 0.25) is 5.02 Å². The molecule has 0 heterocycles. The smallest absolute Gasteiger partial charge is 0.137 e. The highest BCUT2D eigenvalue weighted by molar-refractivity contribution is 6.32. The molecule has 1 unspecified atom stereocenters. The highest BCUT2D eigenvalue weighted by Crippen LogP contribution is 2.26. The number of nitrogens with two attached hydrogens (primary N) is 1. The van der Waals surface area contributed by atoms with E-state index in [2.05, 4.69) is 0 Å². The topological polar surface area (TPSA) is 55.5 Å². The van der Waals surface area contributed by atoms with Crippen molar-refractivity contribution < 1.29 is 9.84 Å². The fourth-order valence-electron chi connectivity index (χ4n) is 0.867. The number of rotatable bonds is 2. The van der Waals surface area contributed by atoms with E-state index in [1.165, 1.54) is 7.11 Å². The maximum atomic E-state index is 8.99. The Balaban J connectivity index is 3.02. The minimum Gasteiger partial charge on any atom is -0.495 e. The molecular formula is C8H10ClNO2. The van der Waals surface area contributed by atoms with E-state index in [0.717, 1.165) is 0 Å². The first-order valence-corrected chi connectivity index (χ1v) is 3.80. The molecule has 0 amide bonds. The zero-order valence-corrected chi connectivity index (χ0v) is 7.38. The van der Waals surface area contributed by atoms with Crippen molar-refractivity contribution in [3.63, 3.8) is 0 Å². The molecule has 0 saturated carbocycles. The molecule has 0 aliphatic rings. The van der Waals surface area contributed by atoms with Gasteiger partial charge in [-0.25, -0.2) is 0 Å². The van der Waals surface area contributed by atoms with Crippen molar-refractivity contribution in [3.05, 3.63) is 28.8 Å². The van der Waals surface area contributed by atoms with Gasteiger partial charge in [-0.05, 0) is 17.7 Å². The van der Waals surface area contributed by atoms with Crippen LogP contribution in [0.15, 0.2) is 18.2 Å². The number of hydrogen-bond acceptors (Lipinski definition) is 3. The highest BCUT2D eigenvalue weighted by Gasteiger charge is 2.05. The Kier molecular flexibility index (Phi) is 2.92. The molecule has 0 bridgehead atoms. The monoisotopic (exact) mass is 187 g/mol. The van der Waals surface area contributed by atoms with E-state index in [4.69, 9.17) is 27.2 Å². The molecule has 3 N–H and O–H groups in total. The Morgan fingerprint density at radius 2 is 2.25 bits per heavy atom. The second-order valence-electron chi connectivity index (χ2n) is 2.34. The van der Waals surface area contributed by atoms with Crippen molar-refractivity contribution in [1.29, 1.82) is 0 Å². The summed E-state index contributed by atoms with van der Waals surface area (Å²) < 4.78 is 4.93. The molecular weight excluding hydrogens is 178 g/mol. The summed E-state index contributed by atoms with van der Waals surface area (Å²) in [6, 6.07) is 4.90. The second-order valence-corrected chi connectivity index (χ2v) is 2.75. The Bertz CT molecular complexity index is 276. The fourth-order valence-corrected chi connectivity index (χ4v) is 1.13. The van der Waals surface area contributed by atoms with Crippen LogP contribution < -0.4 is 10.5 Å². The summed E-state index contributed by atoms with van der Waals surface area (Å²) in [5.74, 6) is 0.570. The van der Waals surface area contributed by atoms with E-state index < -0.39 is 6.23 Å². The van der Waals surface area contributed by atoms with Crippen LogP contribution in [-0.4, -0.2) is 12.2 Å². The minimum absolute atomic E-state index is 0.444. The quantitative estimate of drug-likeness (QED) is 0.687. The molecule has 4 heteroatoms. The van der Waals surface area contributed by atoms with Crippen LogP contribution in [0.25, 0.3) is 0 Å². The number of benzene rings is 1. The van der Waals surface area contributed by atoms with Crippen LogP contribution in [-0.2, 0) is 0 Å². The van der Waals surface area contributed by atoms with Crippen LogP contribution in [0, 0.1) is 0 Å². The van der Waals surface area contributed by atoms with Crippen LogP contribution in [0.3, 0.4) is 0 Å². The number of ether oxygens (including phenoxy) is 1. The lowest BCUT2D eigenvalue weighted by molar-refractivity contribution is 0.186. The van der Waals surface area contributed by atoms with Crippen LogP contribution >= 0.6 is 11.6 Å². The molecule has 0 aliphatic carbocycles. The maximum absolute atomic E-state index is 8.99. The summed E-state index contributed by atoms with van der Waals surface area (Å²) in [5.41, 5.74) is 5.80. The largest absolute Gasteiger partial charge is 0.495 e. The van der Waals surface area contributed by atoms with Gasteiger partial charge in [-0.2, -0.15) is 0 Å². The van der Waals surface area contributed by atoms with Gasteiger partial charge in [-0.15, -0.1) is 0 Å². The lowest BCUT2D eigenvalue weighted by Crippen LogP contribution is -2.08. The van der Waals surface area contributed by atoms with Crippen molar-refractivity contribution in [2.45, 2.75) is 6.23 Å². The SMILES string of the molecule is COc1ccc(C(N)O)cc1Cl. The van der Waals surface area contributed by atoms with Gasteiger partial charge in [0.1, 0.15) is 12.0 Å². The molecule has 12 heavy (non-hydrogen) atoms. The summed E-state index contributed by atoms with van der Waals surface area (Å²) in [6.45, 7) is 0. The first kappa shape index (κ1) is 9.32. The standard InChI is InChI=1S/C8H10ClNO2/c1-12-7-3-2-5(8(10)11)4-6(7)9/h2-4,8,11H,10H2,1H3. The molecule has 0 aromatic heterocycles. The van der Waals surface area contributed by atoms with E-state index in [-0.39, 0.29) is 0 Å². The maximum Gasteiger partial charge on any atom is 0.137 e. The summed E-state index contributed by atoms with van der Waals surface area (Å²) in [6.07, 6.45) is -0.992. The second kappa shape index (κ2) is 3.76. The van der Waals surface area contributed by atoms with E-state index in [1.54, 1.807) is 18.2 Å². The summed E-state index contributed by atoms with van der Waals surface area (Å²) in [4.78, 5) is 0. The van der Waals surface area contributed by atoms with Crippen molar-refractivity contribution in [2.75, 3.05) is 7.11 Å². The third-order valence-corrected chi connectivity index (χ3v) is 1.81. The molecule has 0 spiro atoms. The molecule has 0 radical (unpaired) electrons. The van der Waals surface area contributed by atoms with E-state index in [9.17, 15) is 0 Å². The van der Waals surface area contributed by atoms with Gasteiger partial charge in [0.25, 0.3) is 0 Å². The average molecular weight is 188 g/mol. The summed E-state index contributed by atoms with van der Waals surface area (Å²) in [7, 11) is 1.53. The molecule has 1 aromatic rings. The minimum atomic E-state index is -0.992. The van der Waals surface area contributed by atoms with Crippen molar-refractivity contribution in [3.8, 4) is 5.75 Å². The molecule has 0 saturated heterocycles. The van der Waals surface area contributed by atoms with Gasteiger partial charge in [0.05, 0.1) is 12.1 Å². The number of aliphatic hydroxyl groups is 1. The number of hydrogen-bond donors (Lipinski definition) is 2. The normalized spacial score (nSPS) is 12.7. The highest BCUT2D eigenvalue weighted by atomic mass is 35.5. The molecule has 0 fully saturated rings. The predicted molar refractivity (Wildman–Crippen MR) is 47.2 cm³/mol. The van der Waals surface area contributed by atoms with Gasteiger partial charge in [0.15, 0.2) is 0 Å². The molecule has 1 aromatic carbocycles. The van der Waals surface area contributed by atoms with Gasteiger partial charge in [-0.1, -0.05) is 17.7 Å². The Morgan fingerprint density at radius 3 is 2.67 bits per heavy atom. The summed E-state index contributed by atoms with van der Waals surface area (Å²) >= 11 is 5.78. The molecule has 0 aliphatic heterocycles. The van der Waals surface area contributed by atoms with Gasteiger partial charge >= 0.3 is 0 Å². The van der Waals surface area contributed by atoms with Gasteiger partial charge in [-0.3, -0.25) is 0 Å². The molecule has 1 rings (SSSR count). The van der Waals surface area contributed by atoms with Crippen molar-refractivity contribution in [2.24, 2.45) is 5.73 Å². The zero-order valence-electron chi connectivity index (χ0n) is 6.62. The number of aliphatic hydroxyl groups excluding tert-OH is 1. The predicted octanol–water partition coefficient (Wildman–Crippen LogP) is 1.30. The van der Waals surface area contributed by atoms with Crippen molar-refractivity contribution >= 4 is 11.6 Å². The zero-order chi connectivity index (χ0) is 9.14. The lowest BCUT2D eigenvalue weighted by Gasteiger charge is -2.07. The molecule has 66 valence electrons. The molecule has 3 nitrogen and oxygen atoms in total. The van der Waals surface area contributed by atoms with Crippen LogP contribution in [0.4, 0.5) is 0 Å². The number of halogens is 1. The van der Waals surface area contributed by atoms with Crippen molar-refractivity contribution in [1.82, 2.24) is 0 Å². The van der Waals surface area contributed by atoms with E-state index in [1.807, 2.05) is 0 Å². The van der Waals surface area contributed by atoms with Crippen LogP contribution in [0.1, 0.15) is 11.8 Å². The third kappa shape index (κ3) is 1.88. The Labute approximate surface area is 75.7 Å². The summed E-state index contributed by atoms with van der Waals surface area (Å²) in [5, 5.41) is 9.43. The first-order valence-electron chi connectivity index (χ1n) is 3.42.